The summed E-state index contributed by atoms with van der Waals surface area (Å²) >= 11 is 0. The van der Waals surface area contributed by atoms with E-state index in [1.807, 2.05) is 30.5 Å². The molecule has 0 saturated carbocycles. The van der Waals surface area contributed by atoms with E-state index in [4.69, 9.17) is 5.73 Å². The van der Waals surface area contributed by atoms with E-state index in [0.29, 0.717) is 11.5 Å². The summed E-state index contributed by atoms with van der Waals surface area (Å²) in [6, 6.07) is 0. The van der Waals surface area contributed by atoms with Gasteiger partial charge in [0, 0.05) is 6.20 Å². The number of nitrogens with two attached hydrogens (primary N) is 1. The highest BCUT2D eigenvalue weighted by Gasteiger charge is 2.08. The first-order chi connectivity index (χ1) is 8.33. The monoisotopic (exact) mass is 226 g/mol. The first-order valence-electron chi connectivity index (χ1n) is 5.11. The van der Waals surface area contributed by atoms with Gasteiger partial charge in [0.1, 0.15) is 5.52 Å². The fourth-order valence-electron chi connectivity index (χ4n) is 1.55. The van der Waals surface area contributed by atoms with Crippen molar-refractivity contribution in [2.24, 2.45) is 0 Å². The molecule has 0 fully saturated rings. The number of fused-ring (bicyclic) bond motifs is 1. The second-order valence-corrected chi connectivity index (χ2v) is 3.52. The SMILES string of the molecule is Nc1ncc2[nH]c(C3=CC=CC=CN3)nc2n1. The maximum Gasteiger partial charge on any atom is 0.222 e. The summed E-state index contributed by atoms with van der Waals surface area (Å²) in [5, 5.41) is 3.12. The molecule has 3 rings (SSSR count). The summed E-state index contributed by atoms with van der Waals surface area (Å²) in [5.41, 5.74) is 7.70. The maximum atomic E-state index is 5.51. The zero-order chi connectivity index (χ0) is 11.7. The van der Waals surface area contributed by atoms with Crippen LogP contribution in [-0.2, 0) is 0 Å². The standard InChI is InChI=1S/C11H10N6/c12-11-14-6-8-10(17-11)16-9(15-8)7-4-2-1-3-5-13-7/h1-6,13H,(H3,12,14,15,16,17). The average molecular weight is 226 g/mol. The van der Waals surface area contributed by atoms with Gasteiger partial charge in [0.25, 0.3) is 0 Å². The van der Waals surface area contributed by atoms with Gasteiger partial charge < -0.3 is 16.0 Å². The zero-order valence-electron chi connectivity index (χ0n) is 8.88. The van der Waals surface area contributed by atoms with Crippen molar-refractivity contribution in [2.75, 3.05) is 5.73 Å². The minimum atomic E-state index is 0.221. The molecule has 84 valence electrons. The molecule has 6 heteroatoms. The maximum absolute atomic E-state index is 5.51. The topological polar surface area (TPSA) is 92.5 Å². The van der Waals surface area contributed by atoms with Gasteiger partial charge in [-0.25, -0.2) is 9.97 Å². The van der Waals surface area contributed by atoms with Crippen LogP contribution in [0.2, 0.25) is 0 Å². The lowest BCUT2D eigenvalue weighted by atomic mass is 10.3. The van der Waals surface area contributed by atoms with E-state index >= 15 is 0 Å². The Morgan fingerprint density at radius 2 is 2.06 bits per heavy atom. The summed E-state index contributed by atoms with van der Waals surface area (Å²) in [6.07, 6.45) is 11.2. The lowest BCUT2D eigenvalue weighted by molar-refractivity contribution is 1.13. The highest BCUT2D eigenvalue weighted by atomic mass is 15.1. The van der Waals surface area contributed by atoms with Crippen LogP contribution in [0.3, 0.4) is 0 Å². The van der Waals surface area contributed by atoms with Crippen molar-refractivity contribution in [3.8, 4) is 0 Å². The molecule has 2 aromatic heterocycles. The van der Waals surface area contributed by atoms with Gasteiger partial charge in [-0.15, -0.1) is 0 Å². The molecule has 0 aliphatic carbocycles. The third kappa shape index (κ3) is 1.76. The van der Waals surface area contributed by atoms with E-state index < -0.39 is 0 Å². The van der Waals surface area contributed by atoms with E-state index in [2.05, 4.69) is 25.3 Å². The fraction of sp³-hybridized carbons (Fsp3) is 0. The molecule has 1 aliphatic heterocycles. The Labute approximate surface area is 97.0 Å². The Morgan fingerprint density at radius 3 is 3.00 bits per heavy atom. The number of rotatable bonds is 1. The number of nitrogens with zero attached hydrogens (tertiary/aromatic N) is 3. The second kappa shape index (κ2) is 3.75. The normalized spacial score (nSPS) is 14.5. The third-order valence-corrected chi connectivity index (χ3v) is 2.33. The van der Waals surface area contributed by atoms with Crippen molar-refractivity contribution < 1.29 is 0 Å². The zero-order valence-corrected chi connectivity index (χ0v) is 8.88. The highest BCUT2D eigenvalue weighted by Crippen LogP contribution is 2.14. The third-order valence-electron chi connectivity index (χ3n) is 2.33. The molecule has 17 heavy (non-hydrogen) atoms. The number of imidazole rings is 1. The number of hydrogen-bond donors (Lipinski definition) is 3. The van der Waals surface area contributed by atoms with Gasteiger partial charge in [0.15, 0.2) is 11.5 Å². The summed E-state index contributed by atoms with van der Waals surface area (Å²) in [6.45, 7) is 0. The van der Waals surface area contributed by atoms with Crippen LogP contribution < -0.4 is 11.1 Å². The number of hydrogen-bond acceptors (Lipinski definition) is 5. The molecule has 0 radical (unpaired) electrons. The Bertz CT molecular complexity index is 649. The Hall–Kier alpha value is -2.63. The molecule has 4 N–H and O–H groups in total. The molecule has 0 saturated heterocycles. The first kappa shape index (κ1) is 9.59. The van der Waals surface area contributed by atoms with Crippen LogP contribution in [0.1, 0.15) is 5.82 Å². The average Bonchev–Trinajstić information content (AvgIpc) is 2.57. The molecule has 6 nitrogen and oxygen atoms in total. The van der Waals surface area contributed by atoms with Gasteiger partial charge in [-0.1, -0.05) is 12.2 Å². The second-order valence-electron chi connectivity index (χ2n) is 3.52. The molecule has 0 amide bonds. The molecule has 0 bridgehead atoms. The number of anilines is 1. The van der Waals surface area contributed by atoms with Gasteiger partial charge in [-0.2, -0.15) is 4.98 Å². The summed E-state index contributed by atoms with van der Waals surface area (Å²) in [7, 11) is 0. The molecule has 3 heterocycles. The molecule has 0 spiro atoms. The molecule has 0 unspecified atom stereocenters. The van der Waals surface area contributed by atoms with Crippen molar-refractivity contribution in [1.29, 1.82) is 0 Å². The van der Waals surface area contributed by atoms with Crippen LogP contribution in [-0.4, -0.2) is 19.9 Å². The summed E-state index contributed by atoms with van der Waals surface area (Å²) < 4.78 is 0. The smallest absolute Gasteiger partial charge is 0.222 e. The van der Waals surface area contributed by atoms with Crippen LogP contribution in [0.4, 0.5) is 5.95 Å². The van der Waals surface area contributed by atoms with E-state index in [1.54, 1.807) is 6.20 Å². The number of H-pyrrole nitrogens is 1. The van der Waals surface area contributed by atoms with Crippen molar-refractivity contribution in [3.05, 3.63) is 42.5 Å². The van der Waals surface area contributed by atoms with Crippen LogP contribution >= 0.6 is 0 Å². The van der Waals surface area contributed by atoms with Crippen LogP contribution in [0.15, 0.2) is 36.7 Å². The number of nitrogens with one attached hydrogen (secondary N) is 2. The molecule has 0 atom stereocenters. The summed E-state index contributed by atoms with van der Waals surface area (Å²) in [4.78, 5) is 15.4. The van der Waals surface area contributed by atoms with Gasteiger partial charge in [-0.3, -0.25) is 0 Å². The quantitative estimate of drug-likeness (QED) is 0.673. The minimum absolute atomic E-state index is 0.221. The molecular weight excluding hydrogens is 216 g/mol. The van der Waals surface area contributed by atoms with Gasteiger partial charge in [0.05, 0.1) is 11.9 Å². The number of nitrogen functional groups attached to an aromatic ring is 1. The van der Waals surface area contributed by atoms with E-state index in [-0.39, 0.29) is 5.95 Å². The van der Waals surface area contributed by atoms with Crippen LogP contribution in [0.5, 0.6) is 0 Å². The van der Waals surface area contributed by atoms with Crippen molar-refractivity contribution in [2.45, 2.75) is 0 Å². The fourth-order valence-corrected chi connectivity index (χ4v) is 1.55. The van der Waals surface area contributed by atoms with Crippen molar-refractivity contribution in [1.82, 2.24) is 25.3 Å². The van der Waals surface area contributed by atoms with Gasteiger partial charge in [-0.05, 0) is 12.2 Å². The Kier molecular flexibility index (Phi) is 2.11. The molecular formula is C11H10N6. The molecule has 1 aliphatic rings. The molecule has 2 aromatic rings. The largest absolute Gasteiger partial charge is 0.368 e. The lowest BCUT2D eigenvalue weighted by Crippen LogP contribution is -2.04. The number of aromatic nitrogens is 4. The highest BCUT2D eigenvalue weighted by molar-refractivity contribution is 5.75. The van der Waals surface area contributed by atoms with E-state index in [0.717, 1.165) is 11.2 Å². The van der Waals surface area contributed by atoms with E-state index in [1.165, 1.54) is 0 Å². The van der Waals surface area contributed by atoms with Crippen molar-refractivity contribution >= 4 is 22.8 Å². The Balaban J connectivity index is 2.09. The van der Waals surface area contributed by atoms with Crippen molar-refractivity contribution in [3.63, 3.8) is 0 Å². The predicted molar refractivity (Wildman–Crippen MR) is 65.5 cm³/mol. The summed E-state index contributed by atoms with van der Waals surface area (Å²) in [5.74, 6) is 0.925. The number of aromatic amines is 1. The lowest BCUT2D eigenvalue weighted by Gasteiger charge is -2.00. The molecule has 0 aromatic carbocycles. The van der Waals surface area contributed by atoms with Crippen LogP contribution in [0.25, 0.3) is 16.9 Å². The first-order valence-corrected chi connectivity index (χ1v) is 5.11. The van der Waals surface area contributed by atoms with E-state index in [9.17, 15) is 0 Å². The minimum Gasteiger partial charge on any atom is -0.368 e. The van der Waals surface area contributed by atoms with Gasteiger partial charge in [0.2, 0.25) is 5.95 Å². The Morgan fingerprint density at radius 1 is 1.12 bits per heavy atom. The predicted octanol–water partition coefficient (Wildman–Crippen LogP) is 0.949. The van der Waals surface area contributed by atoms with Crippen LogP contribution in [0, 0.1) is 0 Å². The van der Waals surface area contributed by atoms with Gasteiger partial charge >= 0.3 is 0 Å². The number of allylic oxidation sites excluding steroid dienone is 4.